The number of carbonyl (C=O) groups excluding carboxylic acids is 2. The number of quaternary nitrogens is 1. The number of rotatable bonds is 64. The molecule has 0 aliphatic carbocycles. The number of phosphoric acid groups is 1. The molecule has 0 aliphatic heterocycles. The van der Waals surface area contributed by atoms with Crippen molar-refractivity contribution < 1.29 is 37.3 Å². The maximum Gasteiger partial charge on any atom is 0.306 e. The lowest BCUT2D eigenvalue weighted by Gasteiger charge is -2.30. The van der Waals surface area contributed by atoms with Crippen molar-refractivity contribution >= 4 is 19.7 Å². The quantitative estimate of drug-likeness (QED) is 0.0212. The summed E-state index contributed by atoms with van der Waals surface area (Å²) in [6.45, 7) is 6.89. The first-order valence-electron chi connectivity index (χ1n) is 34.8. The van der Waals surface area contributed by atoms with Gasteiger partial charge in [0.05, 0.1) is 33.8 Å². The minimum atomic E-state index is -4.70. The highest BCUT2D eigenvalue weighted by Gasteiger charge is 2.27. The molecule has 472 valence electrons. The largest absolute Gasteiger partial charge is 0.756 e. The Bertz CT molecular complexity index is 1460. The number of unbranched alkanes of at least 4 members (excludes halogenated alkanes) is 44. The van der Waals surface area contributed by atoms with Crippen LogP contribution in [0, 0.1) is 0 Å². The number of hydrogen-bond acceptors (Lipinski definition) is 7. The van der Waals surface area contributed by atoms with Crippen LogP contribution in [0.15, 0.2) is 36.5 Å². The van der Waals surface area contributed by atoms with E-state index in [-0.39, 0.29) is 31.5 Å². The zero-order chi connectivity index (χ0) is 58.6. The lowest BCUT2D eigenvalue weighted by molar-refractivity contribution is -0.870. The molecule has 0 bridgehead atoms. The number of carbonyl (C=O) groups is 2. The molecule has 80 heavy (non-hydrogen) atoms. The van der Waals surface area contributed by atoms with Crippen LogP contribution in [0.4, 0.5) is 0 Å². The Kier molecular flexibility index (Phi) is 59.0. The summed E-state index contributed by atoms with van der Waals surface area (Å²) in [6.07, 6.45) is 74.0. The van der Waals surface area contributed by atoms with Gasteiger partial charge in [-0.05, 0) is 83.1 Å². The third-order valence-corrected chi connectivity index (χ3v) is 16.8. The molecule has 0 fully saturated rings. The van der Waals surface area contributed by atoms with Crippen LogP contribution in [0.1, 0.15) is 348 Å². The first-order valence-corrected chi connectivity index (χ1v) is 36.3. The SMILES string of the molecule is CCCCCCCC/C=C/CCCCCCCCCCCCCC(=O)NC(COP(=O)([O-])OCC[N+](C)(C)C)C(/C=C/CCCCCCCCCCCC)OC(=O)CCCCCCCCCCCCC/C=C/CCCCCCCC. The Morgan fingerprint density at radius 2 is 0.725 bits per heavy atom. The Balaban J connectivity index is 5.09. The molecule has 9 nitrogen and oxygen atoms in total. The number of nitrogens with one attached hydrogen (secondary N) is 1. The Labute approximate surface area is 497 Å². The average molecular weight is 1150 g/mol. The third-order valence-electron chi connectivity index (χ3n) is 15.8. The van der Waals surface area contributed by atoms with Crippen molar-refractivity contribution in [3.63, 3.8) is 0 Å². The van der Waals surface area contributed by atoms with E-state index in [0.717, 1.165) is 57.8 Å². The molecule has 0 saturated heterocycles. The molecule has 10 heteroatoms. The fraction of sp³-hybridized carbons (Fsp3) is 0.886. The predicted molar refractivity (Wildman–Crippen MR) is 344 cm³/mol. The first-order chi connectivity index (χ1) is 38.9. The first kappa shape index (κ1) is 78.2. The van der Waals surface area contributed by atoms with Gasteiger partial charge in [0.25, 0.3) is 7.82 Å². The number of amides is 1. The van der Waals surface area contributed by atoms with Gasteiger partial charge in [0, 0.05) is 12.8 Å². The third kappa shape index (κ3) is 60.8. The molecule has 0 saturated carbocycles. The maximum absolute atomic E-state index is 13.6. The average Bonchev–Trinajstić information content (AvgIpc) is 3.42. The van der Waals surface area contributed by atoms with Gasteiger partial charge in [0.2, 0.25) is 5.91 Å². The highest BCUT2D eigenvalue weighted by atomic mass is 31.2. The number of ether oxygens (including phenoxy) is 1. The van der Waals surface area contributed by atoms with Crippen LogP contribution in [-0.4, -0.2) is 69.4 Å². The van der Waals surface area contributed by atoms with E-state index in [1.165, 1.54) is 257 Å². The van der Waals surface area contributed by atoms with Crippen molar-refractivity contribution in [2.24, 2.45) is 0 Å². The van der Waals surface area contributed by atoms with Crippen LogP contribution in [0.5, 0.6) is 0 Å². The summed E-state index contributed by atoms with van der Waals surface area (Å²) in [5, 5.41) is 3.05. The van der Waals surface area contributed by atoms with E-state index in [1.807, 2.05) is 33.3 Å². The van der Waals surface area contributed by atoms with Gasteiger partial charge >= 0.3 is 5.97 Å². The summed E-state index contributed by atoms with van der Waals surface area (Å²) in [5.74, 6) is -0.526. The Morgan fingerprint density at radius 1 is 0.425 bits per heavy atom. The maximum atomic E-state index is 13.6. The number of hydrogen-bond donors (Lipinski definition) is 1. The molecule has 3 atom stereocenters. The topological polar surface area (TPSA) is 114 Å². The molecule has 0 aromatic heterocycles. The summed E-state index contributed by atoms with van der Waals surface area (Å²) in [6, 6.07) is -0.886. The van der Waals surface area contributed by atoms with Crippen molar-refractivity contribution in [1.82, 2.24) is 5.32 Å². The van der Waals surface area contributed by atoms with Crippen LogP contribution in [0.3, 0.4) is 0 Å². The second kappa shape index (κ2) is 60.4. The van der Waals surface area contributed by atoms with Gasteiger partial charge in [-0.2, -0.15) is 0 Å². The van der Waals surface area contributed by atoms with E-state index in [2.05, 4.69) is 50.4 Å². The molecule has 0 aliphatic rings. The predicted octanol–water partition coefficient (Wildman–Crippen LogP) is 21.2. The molecule has 3 unspecified atom stereocenters. The van der Waals surface area contributed by atoms with Crippen molar-refractivity contribution in [3.8, 4) is 0 Å². The number of likely N-dealkylation sites (N-methyl/N-ethyl adjacent to an activating group) is 1. The second-order valence-corrected chi connectivity index (χ2v) is 26.4. The Hall–Kier alpha value is -1.77. The van der Waals surface area contributed by atoms with Gasteiger partial charge in [-0.25, -0.2) is 0 Å². The summed E-state index contributed by atoms with van der Waals surface area (Å²) in [5.41, 5.74) is 0. The molecule has 0 spiro atoms. The number of allylic oxidation sites excluding steroid dienone is 5. The molecule has 1 amide bonds. The number of nitrogens with zero attached hydrogens (tertiary/aromatic N) is 1. The molecule has 1 N–H and O–H groups in total. The van der Waals surface area contributed by atoms with Crippen LogP contribution >= 0.6 is 7.82 Å². The van der Waals surface area contributed by atoms with Gasteiger partial charge in [-0.15, -0.1) is 0 Å². The van der Waals surface area contributed by atoms with Crippen molar-refractivity contribution in [3.05, 3.63) is 36.5 Å². The minimum Gasteiger partial charge on any atom is -0.756 e. The van der Waals surface area contributed by atoms with Gasteiger partial charge in [0.15, 0.2) is 0 Å². The van der Waals surface area contributed by atoms with Gasteiger partial charge in [-0.1, -0.05) is 289 Å². The van der Waals surface area contributed by atoms with Crippen LogP contribution in [0.2, 0.25) is 0 Å². The minimum absolute atomic E-state index is 0.0202. The van der Waals surface area contributed by atoms with E-state index in [9.17, 15) is 19.0 Å². The smallest absolute Gasteiger partial charge is 0.306 e. The fourth-order valence-corrected chi connectivity index (χ4v) is 11.1. The van der Waals surface area contributed by atoms with Crippen molar-refractivity contribution in [2.75, 3.05) is 40.9 Å². The van der Waals surface area contributed by atoms with Gasteiger partial charge in [0.1, 0.15) is 19.3 Å². The molecular formula is C70H135N2O7P. The number of esters is 1. The molecular weight excluding hydrogens is 1010 g/mol. The van der Waals surface area contributed by atoms with Crippen LogP contribution < -0.4 is 10.2 Å². The van der Waals surface area contributed by atoms with E-state index in [0.29, 0.717) is 17.4 Å². The highest BCUT2D eigenvalue weighted by Crippen LogP contribution is 2.38. The standard InChI is InChI=1S/C70H135N2O7P/c1-7-10-13-16-19-22-25-28-30-32-34-36-38-40-42-44-47-50-53-56-59-62-69(73)71-67(66-78-80(75,76)77-65-64-72(4,5)6)68(61-58-55-52-49-46-27-24-21-18-15-12-9-3)79-70(74)63-60-57-54-51-48-45-43-41-39-37-35-33-31-29-26-23-20-17-14-11-8-2/h28-31,58,61,67-68H,7-27,32-57,59-60,62-66H2,1-6H3,(H-,71,73,75,76)/b30-28+,31-29+,61-58+. The summed E-state index contributed by atoms with van der Waals surface area (Å²) in [7, 11) is 1.20. The summed E-state index contributed by atoms with van der Waals surface area (Å²) < 4.78 is 30.4. The monoisotopic (exact) mass is 1150 g/mol. The fourth-order valence-electron chi connectivity index (χ4n) is 10.4. The molecule has 0 radical (unpaired) electrons. The zero-order valence-corrected chi connectivity index (χ0v) is 54.9. The van der Waals surface area contributed by atoms with Gasteiger partial charge < -0.3 is 28.5 Å². The van der Waals surface area contributed by atoms with E-state index < -0.39 is 20.0 Å². The van der Waals surface area contributed by atoms with Gasteiger partial charge in [-0.3, -0.25) is 14.2 Å². The molecule has 0 aromatic rings. The highest BCUT2D eigenvalue weighted by molar-refractivity contribution is 7.45. The lowest BCUT2D eigenvalue weighted by Crippen LogP contribution is -2.47. The summed E-state index contributed by atoms with van der Waals surface area (Å²) in [4.78, 5) is 40.1. The zero-order valence-electron chi connectivity index (χ0n) is 54.1. The molecule has 0 heterocycles. The molecule has 0 rings (SSSR count). The van der Waals surface area contributed by atoms with E-state index in [4.69, 9.17) is 13.8 Å². The second-order valence-electron chi connectivity index (χ2n) is 25.0. The summed E-state index contributed by atoms with van der Waals surface area (Å²) >= 11 is 0. The van der Waals surface area contributed by atoms with Crippen molar-refractivity contribution in [1.29, 1.82) is 0 Å². The number of phosphoric ester groups is 1. The lowest BCUT2D eigenvalue weighted by atomic mass is 10.0. The normalized spacial score (nSPS) is 13.7. The molecule has 0 aromatic carbocycles. The van der Waals surface area contributed by atoms with Crippen molar-refractivity contribution in [2.45, 2.75) is 360 Å². The van der Waals surface area contributed by atoms with Crippen LogP contribution in [0.25, 0.3) is 0 Å². The van der Waals surface area contributed by atoms with E-state index in [1.54, 1.807) is 0 Å². The van der Waals surface area contributed by atoms with Crippen LogP contribution in [-0.2, 0) is 27.9 Å². The Morgan fingerprint density at radius 3 is 1.06 bits per heavy atom. The van der Waals surface area contributed by atoms with E-state index >= 15 is 0 Å².